The van der Waals surface area contributed by atoms with E-state index in [0.29, 0.717) is 18.1 Å². The molecule has 206 valence electrons. The summed E-state index contributed by atoms with van der Waals surface area (Å²) in [5.41, 5.74) is 6.19. The van der Waals surface area contributed by atoms with Crippen molar-refractivity contribution in [2.45, 2.75) is 91.3 Å². The Morgan fingerprint density at radius 3 is 2.47 bits per heavy atom. The van der Waals surface area contributed by atoms with Crippen molar-refractivity contribution in [2.24, 2.45) is 5.41 Å². The average molecular weight is 523 g/mol. The molecule has 1 amide bonds. The maximum atomic E-state index is 12.4. The number of fused-ring (bicyclic) bond motifs is 4. The van der Waals surface area contributed by atoms with Gasteiger partial charge in [-0.3, -0.25) is 9.48 Å². The number of quaternary nitrogens is 1. The van der Waals surface area contributed by atoms with Gasteiger partial charge in [0.15, 0.2) is 17.2 Å². The van der Waals surface area contributed by atoms with Gasteiger partial charge in [-0.05, 0) is 71.3 Å². The summed E-state index contributed by atoms with van der Waals surface area (Å²) in [5, 5.41) is 21.8. The highest BCUT2D eigenvalue weighted by Gasteiger charge is 2.49. The van der Waals surface area contributed by atoms with E-state index >= 15 is 0 Å². The number of anilines is 1. The van der Waals surface area contributed by atoms with Crippen LogP contribution in [-0.2, 0) is 24.3 Å². The van der Waals surface area contributed by atoms with Crippen molar-refractivity contribution in [3.8, 4) is 0 Å². The second kappa shape index (κ2) is 10.4. The van der Waals surface area contributed by atoms with Gasteiger partial charge in [0, 0.05) is 42.9 Å². The second-order valence-electron chi connectivity index (χ2n) is 11.7. The van der Waals surface area contributed by atoms with E-state index < -0.39 is 0 Å². The first-order valence-electron chi connectivity index (χ1n) is 14.2. The molecular formula is C28H44N9O+. The highest BCUT2D eigenvalue weighted by atomic mass is 16.2. The lowest BCUT2D eigenvalue weighted by molar-refractivity contribution is -0.539. The van der Waals surface area contributed by atoms with Crippen LogP contribution in [0, 0.1) is 24.7 Å². The lowest BCUT2D eigenvalue weighted by atomic mass is 9.57. The second-order valence-corrected chi connectivity index (χ2v) is 11.7. The molecule has 10 heteroatoms. The minimum Gasteiger partial charge on any atom is -0.350 e. The smallest absolute Gasteiger partial charge is 0.234 e. The molecule has 0 radical (unpaired) electrons. The number of hydrogen-bond acceptors (Lipinski definition) is 7. The van der Waals surface area contributed by atoms with Crippen LogP contribution in [0.2, 0.25) is 0 Å². The number of hydrogen-bond donors (Lipinski definition) is 4. The minimum atomic E-state index is -0.00836. The molecule has 38 heavy (non-hydrogen) atoms. The maximum Gasteiger partial charge on any atom is 0.234 e. The summed E-state index contributed by atoms with van der Waals surface area (Å²) in [6.45, 7) is 11.7. The SMILES string of the molecule is CCNCC(=O)NC12CCC(Cn3nc(C)c4c3CCN(c3nc(C)nc(C(C)=N)c3[NH2+]C)C4)(CC1)CC2. The molecule has 0 unspecified atom stereocenters. The summed E-state index contributed by atoms with van der Waals surface area (Å²) in [4.78, 5) is 24.1. The van der Waals surface area contributed by atoms with Crippen molar-refractivity contribution in [2.75, 3.05) is 31.6 Å². The summed E-state index contributed by atoms with van der Waals surface area (Å²) >= 11 is 0. The van der Waals surface area contributed by atoms with Gasteiger partial charge < -0.3 is 26.3 Å². The van der Waals surface area contributed by atoms with Gasteiger partial charge >= 0.3 is 0 Å². The Labute approximate surface area is 225 Å². The molecule has 0 saturated heterocycles. The first-order chi connectivity index (χ1) is 18.2. The van der Waals surface area contributed by atoms with Crippen molar-refractivity contribution in [1.82, 2.24) is 30.4 Å². The number of amides is 1. The van der Waals surface area contributed by atoms with Crippen LogP contribution >= 0.6 is 0 Å². The number of aromatic nitrogens is 4. The Bertz CT molecular complexity index is 1210. The predicted octanol–water partition coefficient (Wildman–Crippen LogP) is 1.88. The summed E-state index contributed by atoms with van der Waals surface area (Å²) in [7, 11) is 2.00. The quantitative estimate of drug-likeness (QED) is 0.372. The molecule has 3 heterocycles. The van der Waals surface area contributed by atoms with E-state index in [1.807, 2.05) is 26.2 Å². The Kier molecular flexibility index (Phi) is 7.30. The third-order valence-corrected chi connectivity index (χ3v) is 9.14. The molecule has 4 aliphatic rings. The molecule has 2 bridgehead atoms. The summed E-state index contributed by atoms with van der Waals surface area (Å²) in [6.07, 6.45) is 7.58. The third kappa shape index (κ3) is 4.96. The lowest BCUT2D eigenvalue weighted by Crippen LogP contribution is -2.74. The number of likely N-dealkylation sites (N-methyl/N-ethyl adjacent to an activating group) is 1. The van der Waals surface area contributed by atoms with Gasteiger partial charge in [0.1, 0.15) is 5.82 Å². The van der Waals surface area contributed by atoms with Crippen LogP contribution in [0.5, 0.6) is 0 Å². The minimum absolute atomic E-state index is 0.00836. The van der Waals surface area contributed by atoms with Gasteiger partial charge in [0.25, 0.3) is 0 Å². The fourth-order valence-electron chi connectivity index (χ4n) is 6.92. The third-order valence-electron chi connectivity index (χ3n) is 9.14. The highest BCUT2D eigenvalue weighted by Crippen LogP contribution is 2.53. The van der Waals surface area contributed by atoms with Gasteiger partial charge in [0.05, 0.1) is 25.0 Å². The Morgan fingerprint density at radius 2 is 1.84 bits per heavy atom. The fourth-order valence-corrected chi connectivity index (χ4v) is 6.92. The first-order valence-corrected chi connectivity index (χ1v) is 14.2. The summed E-state index contributed by atoms with van der Waals surface area (Å²) in [6, 6.07) is 0. The molecule has 0 atom stereocenters. The predicted molar refractivity (Wildman–Crippen MR) is 148 cm³/mol. The summed E-state index contributed by atoms with van der Waals surface area (Å²) < 4.78 is 2.31. The molecule has 3 aliphatic carbocycles. The zero-order chi connectivity index (χ0) is 27.1. The number of aryl methyl sites for hydroxylation is 2. The van der Waals surface area contributed by atoms with Crippen LogP contribution in [0.4, 0.5) is 11.5 Å². The molecule has 10 nitrogen and oxygen atoms in total. The molecule has 1 aliphatic heterocycles. The zero-order valence-corrected chi connectivity index (χ0v) is 23.7. The fraction of sp³-hybridized carbons (Fsp3) is 0.679. The maximum absolute atomic E-state index is 12.4. The molecule has 5 N–H and O–H groups in total. The van der Waals surface area contributed by atoms with E-state index in [2.05, 4.69) is 32.1 Å². The van der Waals surface area contributed by atoms with Crippen molar-refractivity contribution in [1.29, 1.82) is 5.41 Å². The zero-order valence-electron chi connectivity index (χ0n) is 23.7. The molecule has 0 spiro atoms. The summed E-state index contributed by atoms with van der Waals surface area (Å²) in [5.74, 6) is 1.76. The van der Waals surface area contributed by atoms with Crippen molar-refractivity contribution < 1.29 is 10.1 Å². The van der Waals surface area contributed by atoms with Crippen LogP contribution < -0.4 is 20.9 Å². The molecule has 3 fully saturated rings. The van der Waals surface area contributed by atoms with Gasteiger partial charge in [-0.15, -0.1) is 0 Å². The largest absolute Gasteiger partial charge is 0.350 e. The topological polar surface area (TPSA) is 128 Å². The van der Waals surface area contributed by atoms with Crippen LogP contribution in [0.15, 0.2) is 0 Å². The van der Waals surface area contributed by atoms with Crippen LogP contribution in [0.3, 0.4) is 0 Å². The van der Waals surface area contributed by atoms with Gasteiger partial charge in [0.2, 0.25) is 5.91 Å². The molecule has 0 aromatic carbocycles. The number of carbonyl (C=O) groups is 1. The number of rotatable bonds is 9. The van der Waals surface area contributed by atoms with Gasteiger partial charge in [-0.25, -0.2) is 9.97 Å². The van der Waals surface area contributed by atoms with E-state index in [0.717, 1.165) is 94.0 Å². The molecule has 3 saturated carbocycles. The van der Waals surface area contributed by atoms with E-state index in [1.165, 1.54) is 11.3 Å². The number of nitrogens with zero attached hydrogens (tertiary/aromatic N) is 5. The van der Waals surface area contributed by atoms with Crippen molar-refractivity contribution in [3.63, 3.8) is 0 Å². The van der Waals surface area contributed by atoms with Crippen LogP contribution in [0.1, 0.15) is 80.8 Å². The van der Waals surface area contributed by atoms with E-state index in [1.54, 1.807) is 6.92 Å². The van der Waals surface area contributed by atoms with Crippen LogP contribution in [0.25, 0.3) is 0 Å². The molecule has 2 aromatic rings. The molecular weight excluding hydrogens is 478 g/mol. The average Bonchev–Trinajstić information content (AvgIpc) is 3.21. The Hall–Kier alpha value is -2.85. The van der Waals surface area contributed by atoms with Gasteiger partial charge in [-0.2, -0.15) is 5.10 Å². The van der Waals surface area contributed by atoms with Gasteiger partial charge in [-0.1, -0.05) is 6.92 Å². The molecule has 6 rings (SSSR count). The number of nitrogens with one attached hydrogen (secondary N) is 3. The lowest BCUT2D eigenvalue weighted by Gasteiger charge is -2.53. The standard InChI is InChI=1S/C28H43N9O/c1-6-31-15-23(38)34-28-11-8-27(9-12-28,10-13-28)17-37-22-7-14-36(16-21(22)19(3)35-37)26-25(30-5)24(18(2)29)32-20(4)33-26/h29-31H,6-17H2,1-5H3,(H,34,38)/p+1. The van der Waals surface area contributed by atoms with E-state index in [4.69, 9.17) is 15.5 Å². The number of carbonyl (C=O) groups excluding carboxylic acids is 1. The number of nitrogens with two attached hydrogens (primary N) is 1. The highest BCUT2D eigenvalue weighted by molar-refractivity contribution is 5.99. The van der Waals surface area contributed by atoms with E-state index in [9.17, 15) is 4.79 Å². The monoisotopic (exact) mass is 522 g/mol. The first kappa shape index (κ1) is 26.7. The van der Waals surface area contributed by atoms with E-state index in [-0.39, 0.29) is 16.9 Å². The van der Waals surface area contributed by atoms with Crippen molar-refractivity contribution in [3.05, 3.63) is 28.5 Å². The Balaban J connectivity index is 1.31. The Morgan fingerprint density at radius 1 is 1.13 bits per heavy atom. The van der Waals surface area contributed by atoms with Crippen LogP contribution in [-0.4, -0.2) is 63.6 Å². The van der Waals surface area contributed by atoms with Crippen molar-refractivity contribution >= 4 is 23.1 Å². The normalized spacial score (nSPS) is 24.4. The molecule has 2 aromatic heterocycles.